The van der Waals surface area contributed by atoms with Crippen LogP contribution in [0.2, 0.25) is 0 Å². The number of carboxylic acid groups (broad SMARTS) is 2. The highest BCUT2D eigenvalue weighted by Gasteiger charge is 2.29. The molecule has 0 aliphatic rings. The lowest BCUT2D eigenvalue weighted by Gasteiger charge is -2.23. The number of amides is 3. The Morgan fingerprint density at radius 2 is 1.00 bits per heavy atom. The Morgan fingerprint density at radius 3 is 1.51 bits per heavy atom. The molecule has 0 bridgehead atoms. The Hall–Kier alpha value is -3.80. The molecule has 0 aromatic rings. The fourth-order valence-electron chi connectivity index (χ4n) is 7.03. The minimum Gasteiger partial charge on any atom is -0.481 e. The molecule has 3 amide bonds. The number of nitrogens with one attached hydrogen (secondary N) is 3. The van der Waals surface area contributed by atoms with Crippen LogP contribution >= 0.6 is 0 Å². The topological polar surface area (TPSA) is 250 Å². The van der Waals surface area contributed by atoms with Gasteiger partial charge in [-0.25, -0.2) is 4.79 Å². The van der Waals surface area contributed by atoms with Crippen LogP contribution in [0.15, 0.2) is 0 Å². The quantitative estimate of drug-likeness (QED) is 0.0383. The fourth-order valence-corrected chi connectivity index (χ4v) is 7.03. The maximum atomic E-state index is 12.5. The number of hydrogen-bond acceptors (Lipinski definition) is 12. The fraction of sp³-hybridized carbons (Fsp3) is 0.840. The summed E-state index contributed by atoms with van der Waals surface area (Å²) in [5.74, 6) is -3.03. The first-order chi connectivity index (χ1) is 32.1. The lowest BCUT2D eigenvalue weighted by molar-refractivity contribution is -0.142. The Labute approximate surface area is 401 Å². The molecule has 0 saturated carbocycles. The highest BCUT2D eigenvalue weighted by molar-refractivity contribution is 5.89. The van der Waals surface area contributed by atoms with Crippen molar-refractivity contribution in [3.05, 3.63) is 0 Å². The first-order valence-corrected chi connectivity index (χ1v) is 25.2. The predicted molar refractivity (Wildman–Crippen MR) is 256 cm³/mol. The summed E-state index contributed by atoms with van der Waals surface area (Å²) < 4.78 is 21.5. The van der Waals surface area contributed by atoms with Crippen LogP contribution in [0.25, 0.3) is 0 Å². The van der Waals surface area contributed by atoms with Crippen molar-refractivity contribution in [3.63, 3.8) is 0 Å². The van der Waals surface area contributed by atoms with Crippen LogP contribution in [0.4, 0.5) is 0 Å². The van der Waals surface area contributed by atoms with Crippen LogP contribution in [0.1, 0.15) is 188 Å². The number of Topliss-reactive ketones (excluding diaryl/α,β-unsaturated/α-hetero) is 3. The summed E-state index contributed by atoms with van der Waals surface area (Å²) in [7, 11) is 0. The molecule has 67 heavy (non-hydrogen) atoms. The SMILES string of the molecule is CCC(C)(C)C(=O)C[C@@H](CCCCNC(=O)COCCOCCNC(=O)COCCOCCCC(=O)CCC(NC(=O)CCCCCCCCCCCCCCCCC(=O)O)C(=O)O)C(C)=O. The first kappa shape index (κ1) is 63.2. The van der Waals surface area contributed by atoms with Gasteiger partial charge in [0.05, 0.1) is 33.0 Å². The van der Waals surface area contributed by atoms with Gasteiger partial charge in [-0.15, -0.1) is 0 Å². The Kier molecular flexibility index (Phi) is 39.9. The standard InChI is InChI=1S/C50H89N3O14/c1-5-50(3,4)44(56)37-41(40(2)54)23-20-21-29-51-46(58)38-67-36-34-65-32-30-52-47(59)39-66-35-33-64-31-22-24-42(55)27-28-43(49(62)63)53-45(57)25-18-16-14-12-10-8-6-7-9-11-13-15-17-19-26-48(60)61/h41,43H,5-39H2,1-4H3,(H,51,58)(H,52,59)(H,53,57)(H,60,61)(H,62,63)/t41-,43?/m1/s1. The summed E-state index contributed by atoms with van der Waals surface area (Å²) in [5, 5.41) is 26.2. The van der Waals surface area contributed by atoms with E-state index in [0.717, 1.165) is 51.4 Å². The molecule has 0 radical (unpaired) electrons. The summed E-state index contributed by atoms with van der Waals surface area (Å²) in [6, 6.07) is -1.11. The Morgan fingerprint density at radius 1 is 0.507 bits per heavy atom. The molecule has 0 fully saturated rings. The average molecular weight is 956 g/mol. The number of carboxylic acids is 2. The van der Waals surface area contributed by atoms with Crippen molar-refractivity contribution in [2.24, 2.45) is 11.3 Å². The van der Waals surface area contributed by atoms with Crippen molar-refractivity contribution in [1.29, 1.82) is 0 Å². The van der Waals surface area contributed by atoms with Crippen molar-refractivity contribution >= 4 is 47.0 Å². The van der Waals surface area contributed by atoms with Gasteiger partial charge in [0, 0.05) is 63.1 Å². The van der Waals surface area contributed by atoms with E-state index in [9.17, 15) is 43.5 Å². The summed E-state index contributed by atoms with van der Waals surface area (Å²) in [6.45, 7) is 9.20. The van der Waals surface area contributed by atoms with E-state index in [1.807, 2.05) is 20.8 Å². The molecular formula is C50H89N3O14. The van der Waals surface area contributed by atoms with Crippen LogP contribution in [0, 0.1) is 11.3 Å². The van der Waals surface area contributed by atoms with E-state index >= 15 is 0 Å². The van der Waals surface area contributed by atoms with E-state index in [4.69, 9.17) is 24.1 Å². The number of rotatable bonds is 49. The van der Waals surface area contributed by atoms with Gasteiger partial charge >= 0.3 is 11.9 Å². The largest absolute Gasteiger partial charge is 0.481 e. The molecule has 0 aliphatic heterocycles. The van der Waals surface area contributed by atoms with Gasteiger partial charge in [0.1, 0.15) is 36.6 Å². The lowest BCUT2D eigenvalue weighted by Crippen LogP contribution is -2.41. The van der Waals surface area contributed by atoms with Crippen LogP contribution < -0.4 is 16.0 Å². The van der Waals surface area contributed by atoms with Gasteiger partial charge in [-0.05, 0) is 51.9 Å². The van der Waals surface area contributed by atoms with Crippen molar-refractivity contribution in [3.8, 4) is 0 Å². The summed E-state index contributed by atoms with van der Waals surface area (Å²) >= 11 is 0. The molecule has 17 nitrogen and oxygen atoms in total. The van der Waals surface area contributed by atoms with Gasteiger partial charge in [-0.1, -0.05) is 104 Å². The van der Waals surface area contributed by atoms with E-state index < -0.39 is 23.4 Å². The summed E-state index contributed by atoms with van der Waals surface area (Å²) in [6.07, 6.45) is 19.4. The highest BCUT2D eigenvalue weighted by atomic mass is 16.5. The highest BCUT2D eigenvalue weighted by Crippen LogP contribution is 2.27. The number of aliphatic carboxylic acids is 2. The van der Waals surface area contributed by atoms with Crippen molar-refractivity contribution in [1.82, 2.24) is 16.0 Å². The van der Waals surface area contributed by atoms with Gasteiger partial charge < -0.3 is 45.1 Å². The van der Waals surface area contributed by atoms with E-state index in [-0.39, 0.29) is 132 Å². The van der Waals surface area contributed by atoms with E-state index in [2.05, 4.69) is 16.0 Å². The molecule has 2 atom stereocenters. The molecule has 1 unspecified atom stereocenters. The molecule has 0 aromatic carbocycles. The molecule has 0 saturated heterocycles. The number of carbonyl (C=O) groups excluding carboxylic acids is 6. The molecule has 5 N–H and O–H groups in total. The molecule has 0 spiro atoms. The van der Waals surface area contributed by atoms with Crippen LogP contribution in [-0.2, 0) is 57.3 Å². The maximum Gasteiger partial charge on any atom is 0.326 e. The monoisotopic (exact) mass is 956 g/mol. The van der Waals surface area contributed by atoms with E-state index in [1.54, 1.807) is 0 Å². The molecule has 0 rings (SSSR count). The Bertz CT molecular complexity index is 1390. The van der Waals surface area contributed by atoms with Gasteiger partial charge in [-0.3, -0.25) is 33.6 Å². The van der Waals surface area contributed by atoms with Gasteiger partial charge in [-0.2, -0.15) is 0 Å². The Balaban J connectivity index is 3.73. The molecule has 0 aromatic heterocycles. The number of ether oxygens (including phenoxy) is 4. The molecular weight excluding hydrogens is 867 g/mol. The number of unbranched alkanes of at least 4 members (excludes halogenated alkanes) is 14. The van der Waals surface area contributed by atoms with Gasteiger partial charge in [0.15, 0.2) is 0 Å². The zero-order valence-corrected chi connectivity index (χ0v) is 41.7. The predicted octanol–water partition coefficient (Wildman–Crippen LogP) is 7.08. The van der Waals surface area contributed by atoms with Crippen LogP contribution in [0.3, 0.4) is 0 Å². The van der Waals surface area contributed by atoms with Gasteiger partial charge in [0.25, 0.3) is 0 Å². The average Bonchev–Trinajstić information content (AvgIpc) is 3.28. The zero-order valence-electron chi connectivity index (χ0n) is 41.7. The van der Waals surface area contributed by atoms with Gasteiger partial charge in [0.2, 0.25) is 17.7 Å². The number of ketones is 3. The molecule has 17 heteroatoms. The number of carbonyl (C=O) groups is 8. The normalized spacial score (nSPS) is 12.3. The zero-order chi connectivity index (χ0) is 50.0. The second kappa shape index (κ2) is 42.3. The lowest BCUT2D eigenvalue weighted by atomic mass is 9.79. The first-order valence-electron chi connectivity index (χ1n) is 25.2. The third kappa shape index (κ3) is 39.9. The molecule has 0 heterocycles. The maximum absolute atomic E-state index is 12.5. The van der Waals surface area contributed by atoms with Crippen molar-refractivity contribution in [2.45, 2.75) is 194 Å². The second-order valence-electron chi connectivity index (χ2n) is 18.2. The van der Waals surface area contributed by atoms with Crippen molar-refractivity contribution in [2.75, 3.05) is 65.9 Å². The smallest absolute Gasteiger partial charge is 0.326 e. The van der Waals surface area contributed by atoms with Crippen LogP contribution in [0.5, 0.6) is 0 Å². The second-order valence-corrected chi connectivity index (χ2v) is 18.2. The minimum atomic E-state index is -1.16. The van der Waals surface area contributed by atoms with E-state index in [0.29, 0.717) is 38.8 Å². The minimum absolute atomic E-state index is 0.0176. The third-order valence-electron chi connectivity index (χ3n) is 11.9. The number of hydrogen-bond donors (Lipinski definition) is 5. The summed E-state index contributed by atoms with van der Waals surface area (Å²) in [5.41, 5.74) is -0.432. The molecule has 388 valence electrons. The third-order valence-corrected chi connectivity index (χ3v) is 11.9. The molecule has 0 aliphatic carbocycles. The van der Waals surface area contributed by atoms with E-state index in [1.165, 1.54) is 51.9 Å². The van der Waals surface area contributed by atoms with Crippen molar-refractivity contribution < 1.29 is 67.5 Å². The van der Waals surface area contributed by atoms with Crippen LogP contribution in [-0.4, -0.2) is 129 Å². The summed E-state index contributed by atoms with van der Waals surface area (Å²) in [4.78, 5) is 95.5.